The lowest BCUT2D eigenvalue weighted by Crippen LogP contribution is -2.66. The quantitative estimate of drug-likeness (QED) is 0.480. The first kappa shape index (κ1) is 20.6. The van der Waals surface area contributed by atoms with Crippen molar-refractivity contribution in [3.63, 3.8) is 0 Å². The van der Waals surface area contributed by atoms with Gasteiger partial charge in [-0.2, -0.15) is 0 Å². The molecule has 1 aromatic carbocycles. The van der Waals surface area contributed by atoms with Gasteiger partial charge in [0.2, 0.25) is 0 Å². The molecule has 33 heavy (non-hydrogen) atoms. The molecule has 2 aliphatic rings. The van der Waals surface area contributed by atoms with Crippen LogP contribution in [0.3, 0.4) is 0 Å². The van der Waals surface area contributed by atoms with Gasteiger partial charge in [-0.25, -0.2) is 9.37 Å². The highest BCUT2D eigenvalue weighted by Crippen LogP contribution is 2.43. The number of nitrogens with one attached hydrogen (secondary N) is 1. The van der Waals surface area contributed by atoms with E-state index >= 15 is 4.39 Å². The van der Waals surface area contributed by atoms with Crippen LogP contribution in [-0.4, -0.2) is 67.6 Å². The number of H-pyrrole nitrogens is 1. The Labute approximate surface area is 194 Å². The normalized spacial score (nSPS) is 18.5. The molecule has 1 N–H and O–H groups in total. The summed E-state index contributed by atoms with van der Waals surface area (Å²) in [6, 6.07) is 1.81. The molecule has 5 heterocycles. The third-order valence-corrected chi connectivity index (χ3v) is 7.20. The summed E-state index contributed by atoms with van der Waals surface area (Å²) in [6.45, 7) is 5.75. The van der Waals surface area contributed by atoms with Gasteiger partial charge in [0, 0.05) is 43.3 Å². The smallest absolute Gasteiger partial charge is 0.180 e. The highest BCUT2D eigenvalue weighted by Gasteiger charge is 2.50. The average molecular weight is 472 g/mol. The van der Waals surface area contributed by atoms with E-state index < -0.39 is 5.82 Å². The lowest BCUT2D eigenvalue weighted by Gasteiger charge is -2.56. The molecule has 6 rings (SSSR count). The van der Waals surface area contributed by atoms with Crippen LogP contribution in [-0.2, 0) is 11.8 Å². The predicted octanol–water partition coefficient (Wildman–Crippen LogP) is 3.34. The number of likely N-dealkylation sites (tertiary alicyclic amines) is 1. The van der Waals surface area contributed by atoms with Crippen LogP contribution in [0.5, 0.6) is 5.75 Å². The van der Waals surface area contributed by atoms with Crippen LogP contribution in [0.2, 0.25) is 5.02 Å². The van der Waals surface area contributed by atoms with Crippen molar-refractivity contribution < 1.29 is 13.9 Å². The van der Waals surface area contributed by atoms with Gasteiger partial charge in [-0.15, -0.1) is 10.2 Å². The Hall–Kier alpha value is -2.95. The van der Waals surface area contributed by atoms with Crippen LogP contribution in [0.4, 0.5) is 4.39 Å². The van der Waals surface area contributed by atoms with E-state index in [9.17, 15) is 0 Å². The second-order valence-electron chi connectivity index (χ2n) is 8.96. The van der Waals surface area contributed by atoms with E-state index in [1.54, 1.807) is 36.4 Å². The number of halogens is 2. The Morgan fingerprint density at radius 1 is 1.30 bits per heavy atom. The molecule has 1 spiro atoms. The zero-order chi connectivity index (χ0) is 22.9. The third kappa shape index (κ3) is 2.94. The Balaban J connectivity index is 1.47. The van der Waals surface area contributed by atoms with Crippen LogP contribution in [0.15, 0.2) is 24.8 Å². The summed E-state index contributed by atoms with van der Waals surface area (Å²) in [7, 11) is 3.25. The zero-order valence-electron chi connectivity index (χ0n) is 18.5. The molecule has 3 aromatic heterocycles. The summed E-state index contributed by atoms with van der Waals surface area (Å²) in [5, 5.41) is 9.44. The fourth-order valence-electron chi connectivity index (χ4n) is 4.98. The van der Waals surface area contributed by atoms with Gasteiger partial charge >= 0.3 is 0 Å². The number of ether oxygens (including phenoxy) is 2. The Kier molecular flexibility index (Phi) is 4.55. The first-order valence-corrected chi connectivity index (χ1v) is 11.1. The minimum absolute atomic E-state index is 0.0621. The van der Waals surface area contributed by atoms with Crippen LogP contribution in [0.1, 0.15) is 18.8 Å². The third-order valence-electron chi connectivity index (χ3n) is 6.85. The van der Waals surface area contributed by atoms with E-state index in [1.165, 1.54) is 7.11 Å². The summed E-state index contributed by atoms with van der Waals surface area (Å²) in [6.07, 6.45) is 5.14. The predicted molar refractivity (Wildman–Crippen MR) is 120 cm³/mol. The van der Waals surface area contributed by atoms with Gasteiger partial charge in [-0.3, -0.25) is 4.90 Å². The van der Waals surface area contributed by atoms with Crippen LogP contribution >= 0.6 is 11.6 Å². The van der Waals surface area contributed by atoms with Gasteiger partial charge in [0.05, 0.1) is 43.9 Å². The van der Waals surface area contributed by atoms with Crippen LogP contribution in [0, 0.1) is 11.2 Å². The summed E-state index contributed by atoms with van der Waals surface area (Å²) in [4.78, 5) is 9.90. The molecule has 4 aromatic rings. The molecule has 11 heteroatoms. The van der Waals surface area contributed by atoms with Crippen LogP contribution in [0.25, 0.3) is 28.1 Å². The van der Waals surface area contributed by atoms with E-state index in [1.807, 2.05) is 4.57 Å². The van der Waals surface area contributed by atoms with Crippen molar-refractivity contribution in [2.45, 2.75) is 13.0 Å². The number of rotatable bonds is 5. The van der Waals surface area contributed by atoms with Gasteiger partial charge in [-0.1, -0.05) is 11.6 Å². The van der Waals surface area contributed by atoms with E-state index in [0.717, 1.165) is 32.1 Å². The van der Waals surface area contributed by atoms with Gasteiger partial charge in [0.25, 0.3) is 0 Å². The second kappa shape index (κ2) is 7.28. The van der Waals surface area contributed by atoms with Crippen molar-refractivity contribution in [3.05, 3.63) is 41.5 Å². The number of aryl methyl sites for hydroxylation is 1. The lowest BCUT2D eigenvalue weighted by atomic mass is 9.77. The van der Waals surface area contributed by atoms with Gasteiger partial charge in [0.15, 0.2) is 11.6 Å². The molecular weight excluding hydrogens is 449 g/mol. The number of aromatic amines is 1. The number of nitrogens with zero attached hydrogens (tertiary/aromatic N) is 6. The molecule has 1 atom stereocenters. The molecule has 2 saturated heterocycles. The Morgan fingerprint density at radius 3 is 2.73 bits per heavy atom. The van der Waals surface area contributed by atoms with Crippen molar-refractivity contribution in [2.24, 2.45) is 12.5 Å². The number of fused-ring (bicyclic) bond motifs is 1. The van der Waals surface area contributed by atoms with E-state index in [4.69, 9.17) is 21.1 Å². The molecule has 0 bridgehead atoms. The molecule has 0 amide bonds. The Bertz CT molecular complexity index is 1350. The first-order chi connectivity index (χ1) is 15.9. The fraction of sp³-hybridized carbons (Fsp3) is 0.409. The number of benzene rings is 1. The zero-order valence-corrected chi connectivity index (χ0v) is 19.2. The van der Waals surface area contributed by atoms with Crippen molar-refractivity contribution in [1.29, 1.82) is 0 Å². The maximum absolute atomic E-state index is 15.3. The van der Waals surface area contributed by atoms with Gasteiger partial charge < -0.3 is 23.6 Å². The Morgan fingerprint density at radius 2 is 2.09 bits per heavy atom. The molecule has 2 aliphatic heterocycles. The van der Waals surface area contributed by atoms with Crippen molar-refractivity contribution in [1.82, 2.24) is 34.2 Å². The lowest BCUT2D eigenvalue weighted by molar-refractivity contribution is -0.198. The van der Waals surface area contributed by atoms with E-state index in [0.29, 0.717) is 33.5 Å². The molecule has 172 valence electrons. The average Bonchev–Trinajstić information content (AvgIpc) is 3.47. The number of methoxy groups -OCH3 is 1. The molecular formula is C22H23ClFN7O2. The molecule has 0 unspecified atom stereocenters. The van der Waals surface area contributed by atoms with E-state index in [-0.39, 0.29) is 16.8 Å². The molecule has 2 fully saturated rings. The minimum atomic E-state index is -0.553. The van der Waals surface area contributed by atoms with Gasteiger partial charge in [0.1, 0.15) is 22.3 Å². The molecule has 9 nitrogen and oxygen atoms in total. The first-order valence-electron chi connectivity index (χ1n) is 10.7. The van der Waals surface area contributed by atoms with E-state index in [2.05, 4.69) is 32.0 Å². The summed E-state index contributed by atoms with van der Waals surface area (Å²) < 4.78 is 29.6. The molecule has 0 aliphatic carbocycles. The minimum Gasteiger partial charge on any atom is -0.495 e. The number of imidazole rings is 1. The highest BCUT2D eigenvalue weighted by atomic mass is 35.5. The molecule has 0 saturated carbocycles. The standard InChI is InChI=1S/C22H23ClFN7O2/c1-12(31-7-22(8-31)9-33-10-22)20-26-21(28-27-20)19-18(30-5-4-25-11-30)13-6-14(32-3)15(23)16(24)17(13)29(19)2/h4-6,11-12H,7-10H2,1-3H3,(H,26,27,28)/t12-/m0/s1. The van der Waals surface area contributed by atoms with Crippen molar-refractivity contribution >= 4 is 22.5 Å². The summed E-state index contributed by atoms with van der Waals surface area (Å²) >= 11 is 6.24. The van der Waals surface area contributed by atoms with Gasteiger partial charge in [-0.05, 0) is 13.0 Å². The maximum Gasteiger partial charge on any atom is 0.180 e. The maximum atomic E-state index is 15.3. The summed E-state index contributed by atoms with van der Waals surface area (Å²) in [5.74, 6) is 1.01. The topological polar surface area (TPSA) is 86.0 Å². The van der Waals surface area contributed by atoms with Crippen LogP contribution < -0.4 is 4.74 Å². The largest absolute Gasteiger partial charge is 0.495 e. The highest BCUT2D eigenvalue weighted by molar-refractivity contribution is 6.33. The fourth-order valence-corrected chi connectivity index (χ4v) is 5.20. The number of hydrogen-bond acceptors (Lipinski definition) is 6. The SMILES string of the molecule is COc1cc2c(-n3ccnc3)c(-c3nnc([C@H](C)N4CC5(COC5)C4)[nH]3)n(C)c2c(F)c1Cl. The second-order valence-corrected chi connectivity index (χ2v) is 9.34. The van der Waals surface area contributed by atoms with Crippen molar-refractivity contribution in [3.8, 4) is 23.0 Å². The van der Waals surface area contributed by atoms with Crippen molar-refractivity contribution in [2.75, 3.05) is 33.4 Å². The number of aromatic nitrogens is 6. The monoisotopic (exact) mass is 471 g/mol. The molecule has 0 radical (unpaired) electrons. The number of hydrogen-bond donors (Lipinski definition) is 1. The summed E-state index contributed by atoms with van der Waals surface area (Å²) in [5.41, 5.74) is 2.05.